The number of thiazole rings is 1. The van der Waals surface area contributed by atoms with Gasteiger partial charge < -0.3 is 10.1 Å². The predicted molar refractivity (Wildman–Crippen MR) is 107 cm³/mol. The molecule has 2 N–H and O–H groups in total. The minimum Gasteiger partial charge on any atom is -0.493 e. The topological polar surface area (TPSA) is 106 Å². The average Bonchev–Trinajstić information content (AvgIpc) is 3.33. The van der Waals surface area contributed by atoms with Crippen LogP contribution in [0.3, 0.4) is 0 Å². The van der Waals surface area contributed by atoms with E-state index in [2.05, 4.69) is 25.8 Å². The van der Waals surface area contributed by atoms with E-state index in [0.29, 0.717) is 32.5 Å². The molecule has 0 radical (unpaired) electrons. The van der Waals surface area contributed by atoms with Crippen LogP contribution in [0.2, 0.25) is 0 Å². The molecule has 0 unspecified atom stereocenters. The zero-order valence-electron chi connectivity index (χ0n) is 14.2. The highest BCUT2D eigenvalue weighted by Crippen LogP contribution is 2.27. The van der Waals surface area contributed by atoms with Gasteiger partial charge in [-0.25, -0.2) is 4.98 Å². The van der Waals surface area contributed by atoms with Crippen molar-refractivity contribution in [2.45, 2.75) is 11.3 Å². The van der Waals surface area contributed by atoms with E-state index in [-0.39, 0.29) is 17.6 Å². The summed E-state index contributed by atoms with van der Waals surface area (Å²) in [5, 5.41) is 16.0. The van der Waals surface area contributed by atoms with Gasteiger partial charge in [-0.1, -0.05) is 35.2 Å². The number of nitrogens with zero attached hydrogens (tertiary/aromatic N) is 3. The van der Waals surface area contributed by atoms with Crippen molar-refractivity contribution in [1.29, 1.82) is 0 Å². The molecule has 0 atom stereocenters. The van der Waals surface area contributed by atoms with Gasteiger partial charge in [0, 0.05) is 11.6 Å². The van der Waals surface area contributed by atoms with Crippen LogP contribution in [0, 0.1) is 0 Å². The third-order valence-corrected chi connectivity index (χ3v) is 5.72. The summed E-state index contributed by atoms with van der Waals surface area (Å²) in [6.07, 6.45) is 1.62. The molecule has 0 saturated carbocycles. The summed E-state index contributed by atoms with van der Waals surface area (Å²) in [6.45, 7) is 2.32. The lowest BCUT2D eigenvalue weighted by molar-refractivity contribution is -0.113. The van der Waals surface area contributed by atoms with Gasteiger partial charge in [0.2, 0.25) is 11.0 Å². The first-order valence-corrected chi connectivity index (χ1v) is 10.5. The molecule has 27 heavy (non-hydrogen) atoms. The normalized spacial score (nSPS) is 10.4. The molecule has 3 rings (SSSR count). The van der Waals surface area contributed by atoms with Crippen molar-refractivity contribution in [3.05, 3.63) is 41.4 Å². The maximum atomic E-state index is 12.4. The molecule has 8 nitrogen and oxygen atoms in total. The van der Waals surface area contributed by atoms with Crippen molar-refractivity contribution < 1.29 is 14.3 Å². The molecule has 0 aliphatic rings. The Hall–Kier alpha value is -2.50. The second-order valence-electron chi connectivity index (χ2n) is 4.93. The molecule has 2 aromatic heterocycles. The van der Waals surface area contributed by atoms with Gasteiger partial charge in [-0.2, -0.15) is 0 Å². The lowest BCUT2D eigenvalue weighted by atomic mass is 10.2. The van der Waals surface area contributed by atoms with E-state index in [4.69, 9.17) is 4.74 Å². The van der Waals surface area contributed by atoms with E-state index < -0.39 is 0 Å². The SMILES string of the molecule is CCOc1ccccc1C(=O)Nc1nnc(SCC(=O)Nc2nccs2)s1. The summed E-state index contributed by atoms with van der Waals surface area (Å²) >= 11 is 3.79. The predicted octanol–water partition coefficient (Wildman–Crippen LogP) is 3.38. The Balaban J connectivity index is 1.55. The van der Waals surface area contributed by atoms with E-state index in [0.717, 1.165) is 0 Å². The molecule has 0 aliphatic carbocycles. The van der Waals surface area contributed by atoms with Gasteiger partial charge in [0.05, 0.1) is 17.9 Å². The smallest absolute Gasteiger partial charge is 0.261 e. The van der Waals surface area contributed by atoms with Crippen molar-refractivity contribution in [1.82, 2.24) is 15.2 Å². The summed E-state index contributed by atoms with van der Waals surface area (Å²) in [5.41, 5.74) is 0.423. The first-order chi connectivity index (χ1) is 13.2. The van der Waals surface area contributed by atoms with Crippen LogP contribution in [0.1, 0.15) is 17.3 Å². The molecule has 11 heteroatoms. The van der Waals surface area contributed by atoms with Crippen LogP contribution < -0.4 is 15.4 Å². The molecule has 0 spiro atoms. The zero-order chi connectivity index (χ0) is 19.1. The van der Waals surface area contributed by atoms with Crippen molar-refractivity contribution in [2.24, 2.45) is 0 Å². The van der Waals surface area contributed by atoms with Crippen molar-refractivity contribution >= 4 is 56.5 Å². The molecular weight excluding hydrogens is 406 g/mol. The number of anilines is 2. The number of ether oxygens (including phenoxy) is 1. The maximum Gasteiger partial charge on any atom is 0.261 e. The molecule has 1 aromatic carbocycles. The van der Waals surface area contributed by atoms with E-state index >= 15 is 0 Å². The minimum absolute atomic E-state index is 0.176. The molecule has 0 bridgehead atoms. The van der Waals surface area contributed by atoms with Crippen LogP contribution in [0.5, 0.6) is 5.75 Å². The van der Waals surface area contributed by atoms with Crippen molar-refractivity contribution in [2.75, 3.05) is 23.0 Å². The zero-order valence-corrected chi connectivity index (χ0v) is 16.6. The number of carbonyl (C=O) groups excluding carboxylic acids is 2. The number of hydrogen-bond donors (Lipinski definition) is 2. The van der Waals surface area contributed by atoms with Crippen molar-refractivity contribution in [3.63, 3.8) is 0 Å². The standard InChI is InChI=1S/C16H15N5O3S3/c1-2-24-11-6-4-3-5-10(11)13(23)19-15-20-21-16(27-15)26-9-12(22)18-14-17-7-8-25-14/h3-8H,2,9H2,1H3,(H,17,18,22)(H,19,20,23). The molecule has 2 amide bonds. The third-order valence-electron chi connectivity index (χ3n) is 3.06. The maximum absolute atomic E-state index is 12.4. The van der Waals surface area contributed by atoms with E-state index in [1.807, 2.05) is 6.92 Å². The number of thioether (sulfide) groups is 1. The van der Waals surface area contributed by atoms with Gasteiger partial charge in [-0.3, -0.25) is 14.9 Å². The number of carbonyl (C=O) groups is 2. The second kappa shape index (κ2) is 9.44. The number of amides is 2. The second-order valence-corrected chi connectivity index (χ2v) is 8.03. The Morgan fingerprint density at radius 3 is 2.81 bits per heavy atom. The number of para-hydroxylation sites is 1. The summed E-state index contributed by atoms with van der Waals surface area (Å²) in [4.78, 5) is 28.3. The Morgan fingerprint density at radius 1 is 1.19 bits per heavy atom. The summed E-state index contributed by atoms with van der Waals surface area (Å²) < 4.78 is 6.04. The summed E-state index contributed by atoms with van der Waals surface area (Å²) in [6, 6.07) is 6.99. The van der Waals surface area contributed by atoms with Crippen LogP contribution in [-0.4, -0.2) is 39.4 Å². The first-order valence-electron chi connectivity index (χ1n) is 7.84. The number of aromatic nitrogens is 3. The highest BCUT2D eigenvalue weighted by molar-refractivity contribution is 8.01. The highest BCUT2D eigenvalue weighted by Gasteiger charge is 2.15. The Kier molecular flexibility index (Phi) is 6.74. The number of hydrogen-bond acceptors (Lipinski definition) is 9. The quantitative estimate of drug-likeness (QED) is 0.424. The summed E-state index contributed by atoms with van der Waals surface area (Å²) in [7, 11) is 0. The molecule has 140 valence electrons. The van der Waals surface area contributed by atoms with Crippen LogP contribution in [0.15, 0.2) is 40.2 Å². The lowest BCUT2D eigenvalue weighted by Crippen LogP contribution is -2.13. The fourth-order valence-electron chi connectivity index (χ4n) is 1.99. The van der Waals surface area contributed by atoms with Gasteiger partial charge >= 0.3 is 0 Å². The van der Waals surface area contributed by atoms with Crippen LogP contribution in [-0.2, 0) is 4.79 Å². The van der Waals surface area contributed by atoms with Crippen LogP contribution >= 0.6 is 34.4 Å². The number of rotatable bonds is 8. The Morgan fingerprint density at radius 2 is 2.04 bits per heavy atom. The largest absolute Gasteiger partial charge is 0.493 e. The number of benzene rings is 1. The molecule has 0 saturated heterocycles. The van der Waals surface area contributed by atoms with Gasteiger partial charge in [0.15, 0.2) is 9.47 Å². The van der Waals surface area contributed by atoms with Gasteiger partial charge in [-0.05, 0) is 19.1 Å². The molecule has 0 aliphatic heterocycles. The van der Waals surface area contributed by atoms with Crippen LogP contribution in [0.25, 0.3) is 0 Å². The molecular formula is C16H15N5O3S3. The van der Waals surface area contributed by atoms with E-state index in [1.54, 1.807) is 35.8 Å². The third kappa shape index (κ3) is 5.49. The Bertz CT molecular complexity index is 914. The van der Waals surface area contributed by atoms with Crippen LogP contribution in [0.4, 0.5) is 10.3 Å². The van der Waals surface area contributed by atoms with Gasteiger partial charge in [0.25, 0.3) is 5.91 Å². The number of nitrogens with one attached hydrogen (secondary N) is 2. The summed E-state index contributed by atoms with van der Waals surface area (Å²) in [5.74, 6) is 0.181. The van der Waals surface area contributed by atoms with E-state index in [9.17, 15) is 9.59 Å². The first kappa shape index (κ1) is 19.3. The fraction of sp³-hybridized carbons (Fsp3) is 0.188. The molecule has 2 heterocycles. The lowest BCUT2D eigenvalue weighted by Gasteiger charge is -2.08. The molecule has 0 fully saturated rings. The van der Waals surface area contributed by atoms with Gasteiger partial charge in [0.1, 0.15) is 5.75 Å². The minimum atomic E-state index is -0.326. The average molecular weight is 422 g/mol. The van der Waals surface area contributed by atoms with E-state index in [1.165, 1.54) is 34.4 Å². The van der Waals surface area contributed by atoms with Gasteiger partial charge in [-0.15, -0.1) is 21.5 Å². The Labute approximate surface area is 167 Å². The fourth-order valence-corrected chi connectivity index (χ4v) is 4.08. The molecule has 3 aromatic rings. The van der Waals surface area contributed by atoms with Crippen molar-refractivity contribution in [3.8, 4) is 5.75 Å². The highest BCUT2D eigenvalue weighted by atomic mass is 32.2. The monoisotopic (exact) mass is 421 g/mol.